The van der Waals surface area contributed by atoms with E-state index >= 15 is 0 Å². The van der Waals surface area contributed by atoms with Crippen molar-refractivity contribution in [2.24, 2.45) is 0 Å². The maximum Gasteiger partial charge on any atom is 0.335 e. The van der Waals surface area contributed by atoms with E-state index in [2.05, 4.69) is 10.6 Å². The molecule has 2 heterocycles. The number of imide groups is 2. The minimum absolute atomic E-state index is 0.0392. The molecule has 0 fully saturated rings. The van der Waals surface area contributed by atoms with E-state index in [-0.39, 0.29) is 39.0 Å². The molecule has 8 nitrogen and oxygen atoms in total. The molecule has 0 radical (unpaired) electrons. The van der Waals surface area contributed by atoms with Crippen LogP contribution in [0.25, 0.3) is 11.1 Å². The summed E-state index contributed by atoms with van der Waals surface area (Å²) in [6, 6.07) is 3.90. The fourth-order valence-electron chi connectivity index (χ4n) is 2.82. The normalized spacial score (nSPS) is 17.4. The Balaban J connectivity index is 2.27. The Labute approximate surface area is 141 Å². The molecule has 3 rings (SSSR count). The third-order valence-corrected chi connectivity index (χ3v) is 4.10. The molecule has 3 N–H and O–H groups in total. The molecule has 2 aliphatic rings. The van der Waals surface area contributed by atoms with E-state index in [1.807, 2.05) is 0 Å². The lowest BCUT2D eigenvalue weighted by atomic mass is 9.93. The van der Waals surface area contributed by atoms with Gasteiger partial charge in [-0.25, -0.2) is 4.79 Å². The third kappa shape index (κ3) is 2.53. The zero-order chi connectivity index (χ0) is 18.5. The number of benzene rings is 1. The van der Waals surface area contributed by atoms with Crippen molar-refractivity contribution in [3.63, 3.8) is 0 Å². The van der Waals surface area contributed by atoms with E-state index in [9.17, 15) is 29.1 Å². The van der Waals surface area contributed by atoms with Gasteiger partial charge in [0, 0.05) is 11.1 Å². The van der Waals surface area contributed by atoms with Crippen LogP contribution in [0.4, 0.5) is 0 Å². The van der Waals surface area contributed by atoms with Gasteiger partial charge in [0.05, 0.1) is 16.7 Å². The highest BCUT2D eigenvalue weighted by molar-refractivity contribution is 6.37. The molecule has 0 saturated heterocycles. The highest BCUT2D eigenvalue weighted by Crippen LogP contribution is 2.30. The van der Waals surface area contributed by atoms with Crippen LogP contribution in [-0.4, -0.2) is 34.7 Å². The molecule has 0 aromatic heterocycles. The number of carbonyl (C=O) groups excluding carboxylic acids is 4. The number of carboxylic acids is 1. The number of amides is 4. The zero-order valence-corrected chi connectivity index (χ0v) is 13.2. The van der Waals surface area contributed by atoms with Gasteiger partial charge in [-0.1, -0.05) is 0 Å². The summed E-state index contributed by atoms with van der Waals surface area (Å²) in [4.78, 5) is 58.7. The third-order valence-electron chi connectivity index (χ3n) is 4.10. The molecule has 1 aromatic rings. The number of rotatable bonds is 3. The van der Waals surface area contributed by atoms with Gasteiger partial charge in [-0.05, 0) is 43.2 Å². The number of nitrogens with one attached hydrogen (secondary N) is 2. The second-order valence-electron chi connectivity index (χ2n) is 5.67. The Morgan fingerprint density at radius 2 is 1.16 bits per heavy atom. The van der Waals surface area contributed by atoms with Crippen LogP contribution in [0.5, 0.6) is 0 Å². The Bertz CT molecular complexity index is 899. The topological polar surface area (TPSA) is 130 Å². The molecular formula is C17H12N2O6. The maximum atomic E-state index is 12.0. The van der Waals surface area contributed by atoms with Crippen LogP contribution in [0.1, 0.15) is 35.3 Å². The lowest BCUT2D eigenvalue weighted by molar-refractivity contribution is -0.125. The number of carbonyl (C=O) groups is 5. The number of aromatic carboxylic acids is 1. The molecule has 4 amide bonds. The highest BCUT2D eigenvalue weighted by atomic mass is 16.4. The fourth-order valence-corrected chi connectivity index (χ4v) is 2.82. The van der Waals surface area contributed by atoms with Gasteiger partial charge >= 0.3 is 5.97 Å². The molecule has 0 atom stereocenters. The Hall–Kier alpha value is -3.55. The van der Waals surface area contributed by atoms with Crippen molar-refractivity contribution in [2.75, 3.05) is 0 Å². The average Bonchev–Trinajstić information content (AvgIpc) is 2.93. The summed E-state index contributed by atoms with van der Waals surface area (Å²) < 4.78 is 0. The quantitative estimate of drug-likeness (QED) is 0.676. The van der Waals surface area contributed by atoms with Gasteiger partial charge in [0.25, 0.3) is 23.6 Å². The van der Waals surface area contributed by atoms with Gasteiger partial charge in [-0.15, -0.1) is 0 Å². The van der Waals surface area contributed by atoms with E-state index in [1.165, 1.54) is 32.0 Å². The summed E-state index contributed by atoms with van der Waals surface area (Å²) in [7, 11) is 0. The monoisotopic (exact) mass is 340 g/mol. The molecule has 0 aliphatic carbocycles. The van der Waals surface area contributed by atoms with E-state index in [1.54, 1.807) is 0 Å². The lowest BCUT2D eigenvalue weighted by Crippen LogP contribution is -2.23. The van der Waals surface area contributed by atoms with Gasteiger partial charge in [-0.2, -0.15) is 0 Å². The minimum atomic E-state index is -1.27. The second kappa shape index (κ2) is 5.52. The van der Waals surface area contributed by atoms with E-state index in [4.69, 9.17) is 0 Å². The minimum Gasteiger partial charge on any atom is -0.478 e. The molecule has 25 heavy (non-hydrogen) atoms. The lowest BCUT2D eigenvalue weighted by Gasteiger charge is -2.09. The van der Waals surface area contributed by atoms with Gasteiger partial charge in [0.1, 0.15) is 0 Å². The van der Waals surface area contributed by atoms with Crippen LogP contribution in [0.15, 0.2) is 29.3 Å². The Morgan fingerprint density at radius 3 is 1.44 bits per heavy atom. The zero-order valence-electron chi connectivity index (χ0n) is 13.2. The first-order chi connectivity index (χ1) is 11.7. The molecule has 2 aliphatic heterocycles. The van der Waals surface area contributed by atoms with Gasteiger partial charge in [0.2, 0.25) is 0 Å². The van der Waals surface area contributed by atoms with Crippen LogP contribution in [0.2, 0.25) is 0 Å². The largest absolute Gasteiger partial charge is 0.478 e. The summed E-state index contributed by atoms with van der Waals surface area (Å²) in [5, 5.41) is 13.6. The first kappa shape index (κ1) is 16.3. The van der Waals surface area contributed by atoms with Crippen molar-refractivity contribution in [3.8, 4) is 0 Å². The predicted molar refractivity (Wildman–Crippen MR) is 84.9 cm³/mol. The van der Waals surface area contributed by atoms with Crippen molar-refractivity contribution in [3.05, 3.63) is 46.0 Å². The van der Waals surface area contributed by atoms with Crippen LogP contribution in [0.3, 0.4) is 0 Å². The van der Waals surface area contributed by atoms with Crippen molar-refractivity contribution in [2.45, 2.75) is 13.8 Å². The highest BCUT2D eigenvalue weighted by Gasteiger charge is 2.32. The average molecular weight is 340 g/mol. The van der Waals surface area contributed by atoms with E-state index < -0.39 is 29.6 Å². The molecular weight excluding hydrogens is 328 g/mol. The number of hydrogen-bond donors (Lipinski definition) is 3. The van der Waals surface area contributed by atoms with Gasteiger partial charge in [-0.3, -0.25) is 29.8 Å². The SMILES string of the molecule is CC1=C(c2cc(C(=O)O)cc(C3=C(C)C(=O)NC3=O)c2)C(=O)NC1=O. The molecule has 1 aromatic carbocycles. The number of hydrogen-bond acceptors (Lipinski definition) is 5. The Kier molecular flexibility index (Phi) is 3.60. The van der Waals surface area contributed by atoms with Gasteiger partial charge in [0.15, 0.2) is 0 Å². The summed E-state index contributed by atoms with van der Waals surface area (Å²) in [6.45, 7) is 2.89. The number of carboxylic acid groups (broad SMARTS) is 1. The summed E-state index contributed by atoms with van der Waals surface area (Å²) in [6.07, 6.45) is 0. The van der Waals surface area contributed by atoms with Crippen LogP contribution in [-0.2, 0) is 19.2 Å². The molecule has 0 spiro atoms. The standard InChI is InChI=1S/C17H12N2O6/c1-6-11(15(22)18-13(6)20)8-3-9(5-10(4-8)17(24)25)12-7(2)14(21)19-16(12)23/h3-5H,1-2H3,(H,24,25)(H,18,20,22)(H,19,21,23). The summed E-state index contributed by atoms with van der Waals surface area (Å²) in [5.41, 5.74) is 0.570. The molecule has 0 unspecified atom stereocenters. The van der Waals surface area contributed by atoms with Crippen molar-refractivity contribution in [1.29, 1.82) is 0 Å². The molecule has 8 heteroatoms. The van der Waals surface area contributed by atoms with Crippen molar-refractivity contribution in [1.82, 2.24) is 10.6 Å². The smallest absolute Gasteiger partial charge is 0.335 e. The fraction of sp³-hybridized carbons (Fsp3) is 0.118. The second-order valence-corrected chi connectivity index (χ2v) is 5.67. The summed E-state index contributed by atoms with van der Waals surface area (Å²) >= 11 is 0. The molecule has 0 saturated carbocycles. The molecule has 0 bridgehead atoms. The van der Waals surface area contributed by atoms with Crippen molar-refractivity contribution < 1.29 is 29.1 Å². The van der Waals surface area contributed by atoms with E-state index in [0.717, 1.165) is 0 Å². The van der Waals surface area contributed by atoms with Gasteiger partial charge < -0.3 is 5.11 Å². The van der Waals surface area contributed by atoms with Crippen LogP contribution in [0, 0.1) is 0 Å². The van der Waals surface area contributed by atoms with Crippen molar-refractivity contribution >= 4 is 40.7 Å². The van der Waals surface area contributed by atoms with Crippen LogP contribution >= 0.6 is 0 Å². The first-order valence-electron chi connectivity index (χ1n) is 7.23. The maximum absolute atomic E-state index is 12.0. The molecule has 126 valence electrons. The van der Waals surface area contributed by atoms with E-state index in [0.29, 0.717) is 0 Å². The Morgan fingerprint density at radius 1 is 0.760 bits per heavy atom. The predicted octanol–water partition coefficient (Wildman–Crippen LogP) is 0.245. The first-order valence-corrected chi connectivity index (χ1v) is 7.23. The van der Waals surface area contributed by atoms with Crippen LogP contribution < -0.4 is 10.6 Å². The summed E-state index contributed by atoms with van der Waals surface area (Å²) in [5.74, 6) is -3.69.